The Kier molecular flexibility index (Phi) is 4.37. The van der Waals surface area contributed by atoms with Crippen molar-refractivity contribution in [2.24, 2.45) is 0 Å². The average molecular weight is 320 g/mol. The first-order valence-corrected chi connectivity index (χ1v) is 7.94. The number of pyridine rings is 1. The number of hydrogen-bond donors (Lipinski definition) is 0. The molecule has 0 spiro atoms. The zero-order valence-electron chi connectivity index (χ0n) is 14.0. The topological polar surface area (TPSA) is 55.1 Å². The van der Waals surface area contributed by atoms with Gasteiger partial charge < -0.3 is 9.47 Å². The second-order valence-corrected chi connectivity index (χ2v) is 6.40. The standard InChI is InChI=1S/C20H20N2O2/c1-4-10-23-19-16(12-21)15-11-20(2,3)24-13-17(15)18(22-19)14-8-6-5-7-9-14/h4-9H,1,10-11,13H2,2-3H3. The summed E-state index contributed by atoms with van der Waals surface area (Å²) < 4.78 is 11.6. The summed E-state index contributed by atoms with van der Waals surface area (Å²) in [5, 5.41) is 9.67. The van der Waals surface area contributed by atoms with Gasteiger partial charge in [0.05, 0.1) is 17.9 Å². The van der Waals surface area contributed by atoms with Crippen molar-refractivity contribution in [3.63, 3.8) is 0 Å². The summed E-state index contributed by atoms with van der Waals surface area (Å²) in [6.07, 6.45) is 2.30. The highest BCUT2D eigenvalue weighted by Gasteiger charge is 2.32. The minimum atomic E-state index is -0.316. The fraction of sp³-hybridized carbons (Fsp3) is 0.300. The number of nitriles is 1. The molecule has 0 radical (unpaired) electrons. The van der Waals surface area contributed by atoms with Gasteiger partial charge in [0.1, 0.15) is 18.2 Å². The van der Waals surface area contributed by atoms with Crippen LogP contribution in [0.4, 0.5) is 0 Å². The van der Waals surface area contributed by atoms with E-state index in [2.05, 4.69) is 17.6 Å². The number of rotatable bonds is 4. The molecule has 0 saturated heterocycles. The molecule has 0 bridgehead atoms. The maximum atomic E-state index is 9.67. The van der Waals surface area contributed by atoms with Crippen molar-refractivity contribution in [1.29, 1.82) is 5.26 Å². The third kappa shape index (κ3) is 3.04. The van der Waals surface area contributed by atoms with Crippen LogP contribution in [0.25, 0.3) is 11.3 Å². The molecule has 1 aliphatic rings. The second kappa shape index (κ2) is 6.46. The molecule has 1 aliphatic heterocycles. The van der Waals surface area contributed by atoms with Crippen LogP contribution in [0.2, 0.25) is 0 Å². The van der Waals surface area contributed by atoms with Crippen molar-refractivity contribution in [3.8, 4) is 23.2 Å². The van der Waals surface area contributed by atoms with Crippen molar-refractivity contribution in [2.45, 2.75) is 32.5 Å². The number of fused-ring (bicyclic) bond motifs is 1. The summed E-state index contributed by atoms with van der Waals surface area (Å²) >= 11 is 0. The Morgan fingerprint density at radius 3 is 2.75 bits per heavy atom. The van der Waals surface area contributed by atoms with Gasteiger partial charge in [-0.05, 0) is 19.4 Å². The Hall–Kier alpha value is -2.64. The molecule has 0 atom stereocenters. The van der Waals surface area contributed by atoms with Crippen LogP contribution < -0.4 is 4.74 Å². The number of aromatic nitrogens is 1. The van der Waals surface area contributed by atoms with Crippen molar-refractivity contribution in [2.75, 3.05) is 6.61 Å². The predicted molar refractivity (Wildman–Crippen MR) is 92.7 cm³/mol. The molecule has 0 N–H and O–H groups in total. The van der Waals surface area contributed by atoms with Crippen LogP contribution >= 0.6 is 0 Å². The lowest BCUT2D eigenvalue weighted by Gasteiger charge is -2.33. The van der Waals surface area contributed by atoms with E-state index in [1.54, 1.807) is 6.08 Å². The Morgan fingerprint density at radius 1 is 1.33 bits per heavy atom. The van der Waals surface area contributed by atoms with Gasteiger partial charge in [-0.15, -0.1) is 0 Å². The maximum Gasteiger partial charge on any atom is 0.232 e. The van der Waals surface area contributed by atoms with E-state index in [4.69, 9.17) is 9.47 Å². The minimum absolute atomic E-state index is 0.314. The van der Waals surface area contributed by atoms with Gasteiger partial charge >= 0.3 is 0 Å². The number of ether oxygens (including phenoxy) is 2. The second-order valence-electron chi connectivity index (χ2n) is 6.40. The third-order valence-corrected chi connectivity index (χ3v) is 4.09. The summed E-state index contributed by atoms with van der Waals surface area (Å²) in [6.45, 7) is 8.48. The lowest BCUT2D eigenvalue weighted by molar-refractivity contribution is -0.0401. The molecule has 1 aromatic carbocycles. The van der Waals surface area contributed by atoms with Crippen LogP contribution in [0.15, 0.2) is 43.0 Å². The van der Waals surface area contributed by atoms with Crippen molar-refractivity contribution >= 4 is 0 Å². The highest BCUT2D eigenvalue weighted by molar-refractivity contribution is 5.68. The maximum absolute atomic E-state index is 9.67. The van der Waals surface area contributed by atoms with Crippen LogP contribution in [0.3, 0.4) is 0 Å². The van der Waals surface area contributed by atoms with E-state index in [0.29, 0.717) is 31.1 Å². The number of benzene rings is 1. The van der Waals surface area contributed by atoms with Crippen LogP contribution in [-0.2, 0) is 17.8 Å². The molecule has 1 aromatic heterocycles. The van der Waals surface area contributed by atoms with E-state index < -0.39 is 0 Å². The summed E-state index contributed by atoms with van der Waals surface area (Å²) in [5.41, 5.74) is 3.95. The molecule has 2 aromatic rings. The Morgan fingerprint density at radius 2 is 2.08 bits per heavy atom. The van der Waals surface area contributed by atoms with Gasteiger partial charge in [0.15, 0.2) is 0 Å². The molecule has 3 rings (SSSR count). The molecule has 4 heteroatoms. The normalized spacial score (nSPS) is 15.2. The van der Waals surface area contributed by atoms with Crippen LogP contribution in [0.1, 0.15) is 30.5 Å². The third-order valence-electron chi connectivity index (χ3n) is 4.09. The molecule has 0 saturated carbocycles. The van der Waals surface area contributed by atoms with Gasteiger partial charge in [0.2, 0.25) is 5.88 Å². The molecule has 0 fully saturated rings. The van der Waals surface area contributed by atoms with Gasteiger partial charge in [-0.1, -0.05) is 43.0 Å². The largest absolute Gasteiger partial charge is 0.472 e. The van der Waals surface area contributed by atoms with Gasteiger partial charge in [0.25, 0.3) is 0 Å². The average Bonchev–Trinajstić information content (AvgIpc) is 2.58. The lowest BCUT2D eigenvalue weighted by atomic mass is 9.87. The predicted octanol–water partition coefficient (Wildman–Crippen LogP) is 4.04. The van der Waals surface area contributed by atoms with Crippen molar-refractivity contribution in [3.05, 3.63) is 59.7 Å². The molecular formula is C20H20N2O2. The van der Waals surface area contributed by atoms with Crippen LogP contribution in [0, 0.1) is 11.3 Å². The zero-order valence-corrected chi connectivity index (χ0v) is 14.0. The molecule has 122 valence electrons. The Balaban J connectivity index is 2.23. The Bertz CT molecular complexity index is 805. The fourth-order valence-electron chi connectivity index (χ4n) is 2.94. The summed E-state index contributed by atoms with van der Waals surface area (Å²) in [7, 11) is 0. The van der Waals surface area contributed by atoms with Gasteiger partial charge in [-0.25, -0.2) is 4.98 Å². The SMILES string of the molecule is C=CCOc1nc(-c2ccccc2)c2c(c1C#N)CC(C)(C)OC2. The quantitative estimate of drug-likeness (QED) is 0.798. The summed E-state index contributed by atoms with van der Waals surface area (Å²) in [6, 6.07) is 12.2. The minimum Gasteiger partial charge on any atom is -0.472 e. The van der Waals surface area contributed by atoms with Gasteiger partial charge in [-0.2, -0.15) is 5.26 Å². The van der Waals surface area contributed by atoms with Crippen molar-refractivity contribution < 1.29 is 9.47 Å². The molecule has 0 aliphatic carbocycles. The van der Waals surface area contributed by atoms with Gasteiger partial charge in [-0.3, -0.25) is 0 Å². The van der Waals surface area contributed by atoms with Gasteiger partial charge in [0, 0.05) is 17.5 Å². The fourth-order valence-corrected chi connectivity index (χ4v) is 2.94. The highest BCUT2D eigenvalue weighted by atomic mass is 16.5. The zero-order chi connectivity index (χ0) is 17.2. The lowest BCUT2D eigenvalue weighted by Crippen LogP contribution is -2.33. The van der Waals surface area contributed by atoms with E-state index in [1.165, 1.54) is 0 Å². The van der Waals surface area contributed by atoms with E-state index in [0.717, 1.165) is 22.4 Å². The first-order valence-electron chi connectivity index (χ1n) is 7.94. The molecule has 2 heterocycles. The van der Waals surface area contributed by atoms with E-state index in [1.807, 2.05) is 44.2 Å². The first-order chi connectivity index (χ1) is 11.6. The van der Waals surface area contributed by atoms with Crippen LogP contribution in [0.5, 0.6) is 5.88 Å². The number of nitrogens with zero attached hydrogens (tertiary/aromatic N) is 2. The molecule has 4 nitrogen and oxygen atoms in total. The van der Waals surface area contributed by atoms with E-state index in [9.17, 15) is 5.26 Å². The van der Waals surface area contributed by atoms with Crippen LogP contribution in [-0.4, -0.2) is 17.2 Å². The Labute approximate surface area is 142 Å². The molecule has 0 unspecified atom stereocenters. The monoisotopic (exact) mass is 320 g/mol. The number of hydrogen-bond acceptors (Lipinski definition) is 4. The summed E-state index contributed by atoms with van der Waals surface area (Å²) in [4.78, 5) is 4.64. The molecular weight excluding hydrogens is 300 g/mol. The molecule has 24 heavy (non-hydrogen) atoms. The highest BCUT2D eigenvalue weighted by Crippen LogP contribution is 2.38. The molecule has 0 amide bonds. The first kappa shape index (κ1) is 16.2. The summed E-state index contributed by atoms with van der Waals surface area (Å²) in [5.74, 6) is 0.368. The van der Waals surface area contributed by atoms with Crippen molar-refractivity contribution in [1.82, 2.24) is 4.98 Å². The van der Waals surface area contributed by atoms with E-state index in [-0.39, 0.29) is 5.60 Å². The smallest absolute Gasteiger partial charge is 0.232 e. The van der Waals surface area contributed by atoms with E-state index >= 15 is 0 Å².